The first-order valence-corrected chi connectivity index (χ1v) is 10.8. The summed E-state index contributed by atoms with van der Waals surface area (Å²) in [5, 5.41) is 0.404. The van der Waals surface area contributed by atoms with Crippen LogP contribution in [0.4, 0.5) is 0 Å². The average Bonchev–Trinajstić information content (AvgIpc) is 2.61. The van der Waals surface area contributed by atoms with E-state index in [1.54, 1.807) is 18.2 Å². The molecule has 140 valence electrons. The topological polar surface area (TPSA) is 57.7 Å². The number of hydrogen-bond donors (Lipinski definition) is 0. The fourth-order valence-corrected chi connectivity index (χ4v) is 5.02. The second-order valence-corrected chi connectivity index (χ2v) is 8.84. The van der Waals surface area contributed by atoms with Crippen molar-refractivity contribution in [1.29, 1.82) is 0 Å². The van der Waals surface area contributed by atoms with Gasteiger partial charge in [0.2, 0.25) is 15.9 Å². The quantitative estimate of drug-likeness (QED) is 0.721. The predicted octanol–water partition coefficient (Wildman–Crippen LogP) is 3.39. The molecule has 0 unspecified atom stereocenters. The zero-order chi connectivity index (χ0) is 18.4. The molecule has 1 saturated heterocycles. The molecule has 5 nitrogen and oxygen atoms in total. The van der Waals surface area contributed by atoms with Gasteiger partial charge in [0.25, 0.3) is 0 Å². The second kappa shape index (κ2) is 9.01. The van der Waals surface area contributed by atoms with Gasteiger partial charge in [0.15, 0.2) is 0 Å². The molecule has 0 bridgehead atoms. The normalized spacial score (nSPS) is 16.8. The molecular weight excluding hydrogens is 360 g/mol. The van der Waals surface area contributed by atoms with Crippen LogP contribution in [0.25, 0.3) is 0 Å². The number of halogens is 1. The molecule has 1 aromatic carbocycles. The number of sulfonamides is 1. The van der Waals surface area contributed by atoms with Gasteiger partial charge in [-0.25, -0.2) is 8.42 Å². The molecule has 2 rings (SSSR count). The van der Waals surface area contributed by atoms with Crippen molar-refractivity contribution in [1.82, 2.24) is 9.21 Å². The molecule has 1 aliphatic rings. The van der Waals surface area contributed by atoms with Gasteiger partial charge in [-0.2, -0.15) is 4.31 Å². The van der Waals surface area contributed by atoms with Crippen LogP contribution in [0.15, 0.2) is 29.2 Å². The first-order valence-electron chi connectivity index (χ1n) is 8.94. The average molecular weight is 387 g/mol. The SMILES string of the molecule is CCCN(CCC)C(=O)C1CCN(S(=O)(=O)c2cccc(Cl)c2)CC1. The maximum Gasteiger partial charge on any atom is 0.243 e. The van der Waals surface area contributed by atoms with Crippen LogP contribution in [0.3, 0.4) is 0 Å². The van der Waals surface area contributed by atoms with Crippen molar-refractivity contribution in [3.63, 3.8) is 0 Å². The van der Waals surface area contributed by atoms with Crippen molar-refractivity contribution < 1.29 is 13.2 Å². The van der Waals surface area contributed by atoms with Crippen molar-refractivity contribution in [3.8, 4) is 0 Å². The lowest BCUT2D eigenvalue weighted by Crippen LogP contribution is -2.44. The zero-order valence-corrected chi connectivity index (χ0v) is 16.5. The minimum Gasteiger partial charge on any atom is -0.342 e. The summed E-state index contributed by atoms with van der Waals surface area (Å²) < 4.78 is 26.9. The number of rotatable bonds is 7. The van der Waals surface area contributed by atoms with Crippen molar-refractivity contribution in [2.75, 3.05) is 26.2 Å². The highest BCUT2D eigenvalue weighted by atomic mass is 35.5. The maximum atomic E-state index is 12.7. The Morgan fingerprint density at radius 3 is 2.32 bits per heavy atom. The van der Waals surface area contributed by atoms with E-state index in [0.717, 1.165) is 25.9 Å². The Kier molecular flexibility index (Phi) is 7.28. The monoisotopic (exact) mass is 386 g/mol. The summed E-state index contributed by atoms with van der Waals surface area (Å²) >= 11 is 5.92. The number of carbonyl (C=O) groups excluding carboxylic acids is 1. The number of carbonyl (C=O) groups is 1. The second-order valence-electron chi connectivity index (χ2n) is 6.46. The summed E-state index contributed by atoms with van der Waals surface area (Å²) in [6.07, 6.45) is 3.02. The lowest BCUT2D eigenvalue weighted by Gasteiger charge is -2.33. The first kappa shape index (κ1) is 20.2. The Morgan fingerprint density at radius 1 is 1.20 bits per heavy atom. The number of benzene rings is 1. The Balaban J connectivity index is 2.02. The molecule has 7 heteroatoms. The summed E-state index contributed by atoms with van der Waals surface area (Å²) in [6.45, 7) is 6.42. The number of nitrogens with zero attached hydrogens (tertiary/aromatic N) is 2. The number of hydrogen-bond acceptors (Lipinski definition) is 3. The number of amides is 1. The van der Waals surface area contributed by atoms with E-state index in [1.807, 2.05) is 4.90 Å². The van der Waals surface area contributed by atoms with E-state index in [2.05, 4.69) is 13.8 Å². The summed E-state index contributed by atoms with van der Waals surface area (Å²) in [6, 6.07) is 6.32. The van der Waals surface area contributed by atoms with Crippen LogP contribution in [-0.2, 0) is 14.8 Å². The molecule has 1 aliphatic heterocycles. The van der Waals surface area contributed by atoms with E-state index in [1.165, 1.54) is 10.4 Å². The summed E-state index contributed by atoms with van der Waals surface area (Å²) in [5.74, 6) is 0.0902. The molecular formula is C18H27ClN2O3S. The fourth-order valence-electron chi connectivity index (χ4n) is 3.25. The van der Waals surface area contributed by atoms with Gasteiger partial charge in [-0.3, -0.25) is 4.79 Å². The Morgan fingerprint density at radius 2 is 1.80 bits per heavy atom. The van der Waals surface area contributed by atoms with Gasteiger partial charge in [-0.15, -0.1) is 0 Å². The minimum absolute atomic E-state index is 0.0797. The zero-order valence-electron chi connectivity index (χ0n) is 14.9. The van der Waals surface area contributed by atoms with Gasteiger partial charge in [-0.05, 0) is 43.9 Å². The molecule has 0 saturated carbocycles. The van der Waals surface area contributed by atoms with Crippen molar-refractivity contribution in [3.05, 3.63) is 29.3 Å². The van der Waals surface area contributed by atoms with Gasteiger partial charge in [0, 0.05) is 37.1 Å². The van der Waals surface area contributed by atoms with Crippen LogP contribution in [-0.4, -0.2) is 49.7 Å². The van der Waals surface area contributed by atoms with Gasteiger partial charge < -0.3 is 4.90 Å². The van der Waals surface area contributed by atoms with E-state index in [4.69, 9.17) is 11.6 Å². The molecule has 25 heavy (non-hydrogen) atoms. The lowest BCUT2D eigenvalue weighted by atomic mass is 9.96. The Labute approximate surface area is 156 Å². The van der Waals surface area contributed by atoms with Gasteiger partial charge in [0.1, 0.15) is 0 Å². The van der Waals surface area contributed by atoms with Crippen LogP contribution in [0.2, 0.25) is 5.02 Å². The van der Waals surface area contributed by atoms with Crippen molar-refractivity contribution in [2.24, 2.45) is 5.92 Å². The summed E-state index contributed by atoms with van der Waals surface area (Å²) in [5.41, 5.74) is 0. The van der Waals surface area contributed by atoms with Gasteiger partial charge in [0.05, 0.1) is 4.90 Å². The maximum absolute atomic E-state index is 12.7. The van der Waals surface area contributed by atoms with E-state index in [9.17, 15) is 13.2 Å². The van der Waals surface area contributed by atoms with Crippen LogP contribution in [0.5, 0.6) is 0 Å². The molecule has 0 radical (unpaired) electrons. The van der Waals surface area contributed by atoms with Crippen LogP contribution < -0.4 is 0 Å². The fraction of sp³-hybridized carbons (Fsp3) is 0.611. The predicted molar refractivity (Wildman–Crippen MR) is 100 cm³/mol. The molecule has 0 aromatic heterocycles. The number of piperidine rings is 1. The third-order valence-corrected chi connectivity index (χ3v) is 6.67. The highest BCUT2D eigenvalue weighted by molar-refractivity contribution is 7.89. The lowest BCUT2D eigenvalue weighted by molar-refractivity contribution is -0.136. The molecule has 1 heterocycles. The summed E-state index contributed by atoms with van der Waals surface area (Å²) in [7, 11) is -3.55. The molecule has 1 aromatic rings. The Hall–Kier alpha value is -1.11. The highest BCUT2D eigenvalue weighted by Gasteiger charge is 2.33. The van der Waals surface area contributed by atoms with Crippen LogP contribution >= 0.6 is 11.6 Å². The van der Waals surface area contributed by atoms with E-state index in [-0.39, 0.29) is 16.7 Å². The Bertz CT molecular complexity index is 679. The smallest absolute Gasteiger partial charge is 0.243 e. The van der Waals surface area contributed by atoms with Gasteiger partial charge >= 0.3 is 0 Å². The minimum atomic E-state index is -3.55. The molecule has 1 amide bonds. The molecule has 0 aliphatic carbocycles. The van der Waals surface area contributed by atoms with Crippen LogP contribution in [0, 0.1) is 5.92 Å². The van der Waals surface area contributed by atoms with E-state index < -0.39 is 10.0 Å². The summed E-state index contributed by atoms with van der Waals surface area (Å²) in [4.78, 5) is 14.8. The molecule has 1 fully saturated rings. The third-order valence-electron chi connectivity index (χ3n) is 4.54. The van der Waals surface area contributed by atoms with E-state index >= 15 is 0 Å². The van der Waals surface area contributed by atoms with Crippen molar-refractivity contribution in [2.45, 2.75) is 44.4 Å². The highest BCUT2D eigenvalue weighted by Crippen LogP contribution is 2.26. The molecule has 0 spiro atoms. The largest absolute Gasteiger partial charge is 0.342 e. The van der Waals surface area contributed by atoms with Crippen LogP contribution in [0.1, 0.15) is 39.5 Å². The van der Waals surface area contributed by atoms with Gasteiger partial charge in [-0.1, -0.05) is 31.5 Å². The van der Waals surface area contributed by atoms with E-state index in [0.29, 0.717) is 31.0 Å². The van der Waals surface area contributed by atoms with Crippen molar-refractivity contribution >= 4 is 27.5 Å². The standard InChI is InChI=1S/C18H27ClN2O3S/c1-3-10-20(11-4-2)18(22)15-8-12-21(13-9-15)25(23,24)17-7-5-6-16(19)14-17/h5-7,14-15H,3-4,8-13H2,1-2H3. The first-order chi connectivity index (χ1) is 11.9. The third kappa shape index (κ3) is 4.96. The molecule has 0 N–H and O–H groups in total. The molecule has 0 atom stereocenters.